The third-order valence-corrected chi connectivity index (χ3v) is 6.76. The van der Waals surface area contributed by atoms with Crippen molar-refractivity contribution in [3.8, 4) is 0 Å². The smallest absolute Gasteiger partial charge is 0.270 e. The molecule has 4 rings (SSSR count). The number of aryl methyl sites for hydroxylation is 1. The van der Waals surface area contributed by atoms with Crippen LogP contribution in [0.5, 0.6) is 0 Å². The first-order chi connectivity index (χ1) is 14.5. The van der Waals surface area contributed by atoms with E-state index in [1.807, 2.05) is 49.4 Å². The molecule has 0 unspecified atom stereocenters. The van der Waals surface area contributed by atoms with Gasteiger partial charge in [-0.05, 0) is 47.5 Å². The molecule has 4 aromatic rings. The van der Waals surface area contributed by atoms with Crippen molar-refractivity contribution in [3.63, 3.8) is 0 Å². The molecule has 0 fully saturated rings. The minimum atomic E-state index is -4.06. The second-order valence-corrected chi connectivity index (χ2v) is 8.91. The zero-order chi connectivity index (χ0) is 21.1. The Kier molecular flexibility index (Phi) is 5.38. The van der Waals surface area contributed by atoms with Crippen LogP contribution >= 0.6 is 0 Å². The topological polar surface area (TPSA) is 54.5 Å². The second-order valence-electron chi connectivity index (χ2n) is 7.13. The molecule has 150 valence electrons. The third kappa shape index (κ3) is 3.84. The summed E-state index contributed by atoms with van der Waals surface area (Å²) in [5, 5.41) is 1.95. The third-order valence-electron chi connectivity index (χ3n) is 5.00. The van der Waals surface area contributed by atoms with E-state index < -0.39 is 15.9 Å². The second kappa shape index (κ2) is 8.13. The van der Waals surface area contributed by atoms with Gasteiger partial charge in [0.25, 0.3) is 10.0 Å². The number of nitrogens with zero attached hydrogens (tertiary/aromatic N) is 1. The van der Waals surface area contributed by atoms with Crippen LogP contribution in [0.1, 0.15) is 11.1 Å². The van der Waals surface area contributed by atoms with E-state index >= 15 is 0 Å². The number of para-hydroxylation sites is 1. The highest BCUT2D eigenvalue weighted by atomic mass is 32.2. The van der Waals surface area contributed by atoms with Crippen LogP contribution in [0.25, 0.3) is 10.8 Å². The summed E-state index contributed by atoms with van der Waals surface area (Å²) in [6.45, 7) is 1.89. The highest BCUT2D eigenvalue weighted by Crippen LogP contribution is 2.26. The quantitative estimate of drug-likeness (QED) is 0.455. The van der Waals surface area contributed by atoms with Crippen molar-refractivity contribution in [1.29, 1.82) is 0 Å². The fourth-order valence-corrected chi connectivity index (χ4v) is 4.90. The lowest BCUT2D eigenvalue weighted by atomic mass is 10.0. The zero-order valence-corrected chi connectivity index (χ0v) is 17.3. The Bertz CT molecular complexity index is 1290. The number of amides is 1. The molecule has 0 saturated carbocycles. The van der Waals surface area contributed by atoms with Gasteiger partial charge in [0.15, 0.2) is 0 Å². The summed E-state index contributed by atoms with van der Waals surface area (Å²) in [4.78, 5) is 13.5. The van der Waals surface area contributed by atoms with Crippen LogP contribution in [0.15, 0.2) is 102 Å². The van der Waals surface area contributed by atoms with Crippen LogP contribution in [-0.2, 0) is 21.2 Å². The molecule has 0 aliphatic carbocycles. The van der Waals surface area contributed by atoms with Gasteiger partial charge in [-0.2, -0.15) is 0 Å². The Morgan fingerprint density at radius 1 is 0.767 bits per heavy atom. The maximum absolute atomic E-state index is 13.4. The number of sulfonamides is 1. The van der Waals surface area contributed by atoms with Crippen LogP contribution < -0.4 is 4.31 Å². The van der Waals surface area contributed by atoms with E-state index in [1.165, 1.54) is 12.1 Å². The number of benzene rings is 4. The predicted molar refractivity (Wildman–Crippen MR) is 120 cm³/mol. The minimum absolute atomic E-state index is 0.0264. The molecule has 4 nitrogen and oxygen atoms in total. The monoisotopic (exact) mass is 415 g/mol. The molecule has 0 heterocycles. The van der Waals surface area contributed by atoms with Crippen molar-refractivity contribution in [1.82, 2.24) is 0 Å². The van der Waals surface area contributed by atoms with E-state index in [9.17, 15) is 13.2 Å². The average Bonchev–Trinajstić information content (AvgIpc) is 2.75. The molecule has 0 atom stereocenters. The van der Waals surface area contributed by atoms with Gasteiger partial charge in [0.05, 0.1) is 17.0 Å². The number of carbonyl (C=O) groups is 1. The van der Waals surface area contributed by atoms with Gasteiger partial charge in [-0.25, -0.2) is 12.7 Å². The Morgan fingerprint density at radius 2 is 1.40 bits per heavy atom. The van der Waals surface area contributed by atoms with Gasteiger partial charge in [-0.3, -0.25) is 4.79 Å². The van der Waals surface area contributed by atoms with Crippen LogP contribution in [0, 0.1) is 6.92 Å². The number of fused-ring (bicyclic) bond motifs is 1. The number of hydrogen-bond donors (Lipinski definition) is 0. The first-order valence-corrected chi connectivity index (χ1v) is 11.1. The van der Waals surface area contributed by atoms with Crippen LogP contribution in [0.2, 0.25) is 0 Å². The van der Waals surface area contributed by atoms with Crippen molar-refractivity contribution in [2.24, 2.45) is 0 Å². The molecule has 0 N–H and O–H groups in total. The van der Waals surface area contributed by atoms with Crippen molar-refractivity contribution < 1.29 is 13.2 Å². The predicted octanol–water partition coefficient (Wildman–Crippen LogP) is 5.11. The number of carbonyl (C=O) groups excluding carboxylic acids is 1. The van der Waals surface area contributed by atoms with Crippen molar-refractivity contribution >= 4 is 32.4 Å². The molecule has 0 aliphatic rings. The summed E-state index contributed by atoms with van der Waals surface area (Å²) in [5.74, 6) is -0.502. The van der Waals surface area contributed by atoms with Gasteiger partial charge in [-0.15, -0.1) is 0 Å². The fraction of sp³-hybridized carbons (Fsp3) is 0.0800. The largest absolute Gasteiger partial charge is 0.273 e. The maximum atomic E-state index is 13.4. The lowest BCUT2D eigenvalue weighted by Crippen LogP contribution is -2.38. The standard InChI is InChI=1S/C25H21NO3S/c1-19-14-16-23(17-15-19)30(28,29)26(22-11-3-2-4-12-22)25(27)18-21-10-7-9-20-8-5-6-13-24(20)21/h2-17H,18H2,1H3. The highest BCUT2D eigenvalue weighted by molar-refractivity contribution is 7.93. The Balaban J connectivity index is 1.78. The molecule has 0 aromatic heterocycles. The molecule has 5 heteroatoms. The van der Waals surface area contributed by atoms with E-state index in [0.29, 0.717) is 5.69 Å². The van der Waals surface area contributed by atoms with E-state index in [2.05, 4.69) is 0 Å². The Morgan fingerprint density at radius 3 is 2.13 bits per heavy atom. The van der Waals surface area contributed by atoms with Crippen molar-refractivity contribution in [3.05, 3.63) is 108 Å². The SMILES string of the molecule is Cc1ccc(S(=O)(=O)N(C(=O)Cc2cccc3ccccc23)c2ccccc2)cc1. The molecule has 0 saturated heterocycles. The molecular weight excluding hydrogens is 394 g/mol. The molecule has 1 amide bonds. The summed E-state index contributed by atoms with van der Waals surface area (Å²) in [5.41, 5.74) is 2.06. The molecule has 0 spiro atoms. The van der Waals surface area contributed by atoms with Crippen LogP contribution in [0.4, 0.5) is 5.69 Å². The Labute approximate surface area is 176 Å². The molecule has 0 radical (unpaired) electrons. The van der Waals surface area contributed by atoms with E-state index in [4.69, 9.17) is 0 Å². The van der Waals surface area contributed by atoms with Gasteiger partial charge >= 0.3 is 0 Å². The normalized spacial score (nSPS) is 11.4. The summed E-state index contributed by atoms with van der Waals surface area (Å²) >= 11 is 0. The minimum Gasteiger partial charge on any atom is -0.273 e. The number of hydrogen-bond acceptors (Lipinski definition) is 3. The molecule has 0 bridgehead atoms. The van der Waals surface area contributed by atoms with Crippen LogP contribution in [-0.4, -0.2) is 14.3 Å². The molecule has 30 heavy (non-hydrogen) atoms. The molecule has 0 aliphatic heterocycles. The van der Waals surface area contributed by atoms with Crippen molar-refractivity contribution in [2.75, 3.05) is 4.31 Å². The van der Waals surface area contributed by atoms with Crippen LogP contribution in [0.3, 0.4) is 0 Å². The lowest BCUT2D eigenvalue weighted by molar-refractivity contribution is -0.116. The van der Waals surface area contributed by atoms with Gasteiger partial charge in [-0.1, -0.05) is 78.4 Å². The van der Waals surface area contributed by atoms with Gasteiger partial charge in [0.1, 0.15) is 0 Å². The fourth-order valence-electron chi connectivity index (χ4n) is 3.48. The summed E-state index contributed by atoms with van der Waals surface area (Å²) in [6, 6.07) is 28.5. The van der Waals surface area contributed by atoms with Gasteiger partial charge < -0.3 is 0 Å². The van der Waals surface area contributed by atoms with Gasteiger partial charge in [0, 0.05) is 0 Å². The Hall–Kier alpha value is -3.44. The number of anilines is 1. The first-order valence-electron chi connectivity index (χ1n) is 9.63. The highest BCUT2D eigenvalue weighted by Gasteiger charge is 2.31. The lowest BCUT2D eigenvalue weighted by Gasteiger charge is -2.23. The van der Waals surface area contributed by atoms with Crippen molar-refractivity contribution in [2.45, 2.75) is 18.2 Å². The molecular formula is C25H21NO3S. The van der Waals surface area contributed by atoms with Gasteiger partial charge in [0.2, 0.25) is 5.91 Å². The average molecular weight is 416 g/mol. The van der Waals surface area contributed by atoms with E-state index in [1.54, 1.807) is 42.5 Å². The first kappa shape index (κ1) is 19.9. The molecule has 4 aromatic carbocycles. The maximum Gasteiger partial charge on any atom is 0.270 e. The van der Waals surface area contributed by atoms with E-state index in [-0.39, 0.29) is 11.3 Å². The number of rotatable bonds is 5. The summed E-state index contributed by atoms with van der Waals surface area (Å²) in [7, 11) is -4.06. The summed E-state index contributed by atoms with van der Waals surface area (Å²) in [6.07, 6.45) is -0.0264. The summed E-state index contributed by atoms with van der Waals surface area (Å²) < 4.78 is 27.8. The zero-order valence-electron chi connectivity index (χ0n) is 16.5. The van der Waals surface area contributed by atoms with E-state index in [0.717, 1.165) is 26.2 Å².